The molecule has 1 saturated heterocycles. The van der Waals surface area contributed by atoms with E-state index in [2.05, 4.69) is 38.1 Å². The molecule has 3 rings (SSSR count). The molecular weight excluding hydrogens is 354 g/mol. The molecule has 5 heteroatoms. The van der Waals surface area contributed by atoms with Gasteiger partial charge in [-0.05, 0) is 59.0 Å². The maximum Gasteiger partial charge on any atom is 0.257 e. The lowest BCUT2D eigenvalue weighted by Crippen LogP contribution is -2.33. The first kappa shape index (κ1) is 16.0. The van der Waals surface area contributed by atoms with E-state index >= 15 is 0 Å². The summed E-state index contributed by atoms with van der Waals surface area (Å²) < 4.78 is 0.861. The molecule has 1 aromatic carbocycles. The lowest BCUT2D eigenvalue weighted by atomic mass is 9.99. The second kappa shape index (κ2) is 7.13. The van der Waals surface area contributed by atoms with Crippen molar-refractivity contribution in [1.29, 1.82) is 0 Å². The zero-order valence-electron chi connectivity index (χ0n) is 13.1. The van der Waals surface area contributed by atoms with Crippen LogP contribution in [0.4, 0.5) is 11.5 Å². The summed E-state index contributed by atoms with van der Waals surface area (Å²) in [6.07, 6.45) is 4.05. The molecule has 0 saturated carbocycles. The summed E-state index contributed by atoms with van der Waals surface area (Å²) in [6, 6.07) is 11.3. The van der Waals surface area contributed by atoms with Crippen LogP contribution >= 0.6 is 15.9 Å². The van der Waals surface area contributed by atoms with Crippen LogP contribution in [0, 0.1) is 5.92 Å². The summed E-state index contributed by atoms with van der Waals surface area (Å²) in [5.74, 6) is 1.60. The monoisotopic (exact) mass is 373 g/mol. The molecule has 4 nitrogen and oxygen atoms in total. The maximum absolute atomic E-state index is 12.3. The van der Waals surface area contributed by atoms with E-state index in [0.717, 1.165) is 35.0 Å². The topological polar surface area (TPSA) is 45.2 Å². The first-order valence-corrected chi connectivity index (χ1v) is 8.69. The average molecular weight is 374 g/mol. The van der Waals surface area contributed by atoms with Gasteiger partial charge in [-0.3, -0.25) is 4.79 Å². The highest BCUT2D eigenvalue weighted by atomic mass is 79.9. The lowest BCUT2D eigenvalue weighted by Gasteiger charge is -2.31. The quantitative estimate of drug-likeness (QED) is 0.870. The highest BCUT2D eigenvalue weighted by Gasteiger charge is 2.17. The number of carbonyl (C=O) groups excluding carboxylic acids is 1. The highest BCUT2D eigenvalue weighted by molar-refractivity contribution is 9.10. The van der Waals surface area contributed by atoms with Crippen LogP contribution in [0.15, 0.2) is 47.1 Å². The van der Waals surface area contributed by atoms with Gasteiger partial charge in [0, 0.05) is 23.8 Å². The Morgan fingerprint density at radius 3 is 2.61 bits per heavy atom. The molecule has 0 unspecified atom stereocenters. The van der Waals surface area contributed by atoms with Crippen LogP contribution in [0.5, 0.6) is 0 Å². The van der Waals surface area contributed by atoms with Gasteiger partial charge in [-0.25, -0.2) is 4.98 Å². The first-order chi connectivity index (χ1) is 11.1. The predicted octanol–water partition coefficient (Wildman–Crippen LogP) is 4.33. The Morgan fingerprint density at radius 1 is 1.22 bits per heavy atom. The van der Waals surface area contributed by atoms with Crippen LogP contribution < -0.4 is 10.2 Å². The number of piperidine rings is 1. The second-order valence-electron chi connectivity index (χ2n) is 6.01. The standard InChI is InChI=1S/C18H20BrN3O/c1-13-8-10-22(11-9-13)17-7-6-14(12-20-17)18(23)21-16-5-3-2-4-15(16)19/h2-7,12-13H,8-11H2,1H3,(H,21,23). The molecule has 0 radical (unpaired) electrons. The number of halogens is 1. The van der Waals surface area contributed by atoms with Crippen molar-refractivity contribution < 1.29 is 4.79 Å². The molecule has 2 aromatic rings. The normalized spacial score (nSPS) is 15.5. The smallest absolute Gasteiger partial charge is 0.257 e. The Balaban J connectivity index is 1.67. The molecule has 1 fully saturated rings. The van der Waals surface area contributed by atoms with E-state index in [1.54, 1.807) is 6.20 Å². The van der Waals surface area contributed by atoms with E-state index in [1.807, 2.05) is 36.4 Å². The zero-order chi connectivity index (χ0) is 16.2. The SMILES string of the molecule is CC1CCN(c2ccc(C(=O)Nc3ccccc3Br)cn2)CC1. The van der Waals surface area contributed by atoms with E-state index in [0.29, 0.717) is 5.56 Å². The van der Waals surface area contributed by atoms with Crippen molar-refractivity contribution in [3.8, 4) is 0 Å². The fraction of sp³-hybridized carbons (Fsp3) is 0.333. The molecule has 1 N–H and O–H groups in total. The van der Waals surface area contributed by atoms with Gasteiger partial charge in [0.2, 0.25) is 0 Å². The Bertz CT molecular complexity index is 679. The highest BCUT2D eigenvalue weighted by Crippen LogP contribution is 2.23. The lowest BCUT2D eigenvalue weighted by molar-refractivity contribution is 0.102. The predicted molar refractivity (Wildman–Crippen MR) is 96.9 cm³/mol. The number of carbonyl (C=O) groups is 1. The summed E-state index contributed by atoms with van der Waals surface area (Å²) in [4.78, 5) is 19.1. The number of anilines is 2. The number of nitrogens with zero attached hydrogens (tertiary/aromatic N) is 2. The fourth-order valence-corrected chi connectivity index (χ4v) is 3.09. The minimum Gasteiger partial charge on any atom is -0.357 e. The van der Waals surface area contributed by atoms with Crippen LogP contribution in [0.3, 0.4) is 0 Å². The van der Waals surface area contributed by atoms with Gasteiger partial charge < -0.3 is 10.2 Å². The molecule has 1 aliphatic rings. The van der Waals surface area contributed by atoms with Crippen LogP contribution in [0.2, 0.25) is 0 Å². The van der Waals surface area contributed by atoms with Crippen molar-refractivity contribution in [3.63, 3.8) is 0 Å². The van der Waals surface area contributed by atoms with Crippen molar-refractivity contribution in [3.05, 3.63) is 52.6 Å². The van der Waals surface area contributed by atoms with Crippen molar-refractivity contribution >= 4 is 33.3 Å². The maximum atomic E-state index is 12.3. The van der Waals surface area contributed by atoms with E-state index in [4.69, 9.17) is 0 Å². The third kappa shape index (κ3) is 3.91. The number of para-hydroxylation sites is 1. The molecule has 23 heavy (non-hydrogen) atoms. The zero-order valence-corrected chi connectivity index (χ0v) is 14.7. The molecule has 0 bridgehead atoms. The van der Waals surface area contributed by atoms with Gasteiger partial charge in [-0.15, -0.1) is 0 Å². The van der Waals surface area contributed by atoms with Gasteiger partial charge in [-0.1, -0.05) is 19.1 Å². The van der Waals surface area contributed by atoms with Crippen LogP contribution in [-0.2, 0) is 0 Å². The number of amides is 1. The number of nitrogens with one attached hydrogen (secondary N) is 1. The Kier molecular flexibility index (Phi) is 4.96. The Labute approximate surface area is 145 Å². The molecule has 120 valence electrons. The Morgan fingerprint density at radius 2 is 1.96 bits per heavy atom. The molecular formula is C18H20BrN3O. The van der Waals surface area contributed by atoms with Crippen LogP contribution in [0.1, 0.15) is 30.1 Å². The van der Waals surface area contributed by atoms with E-state index in [-0.39, 0.29) is 5.91 Å². The molecule has 1 amide bonds. The third-order valence-electron chi connectivity index (χ3n) is 4.24. The van der Waals surface area contributed by atoms with Crippen LogP contribution in [-0.4, -0.2) is 24.0 Å². The summed E-state index contributed by atoms with van der Waals surface area (Å²) in [6.45, 7) is 4.37. The minimum absolute atomic E-state index is 0.150. The first-order valence-electron chi connectivity index (χ1n) is 7.90. The summed E-state index contributed by atoms with van der Waals surface area (Å²) in [5.41, 5.74) is 1.32. The third-order valence-corrected chi connectivity index (χ3v) is 4.93. The van der Waals surface area contributed by atoms with E-state index in [9.17, 15) is 4.79 Å². The van der Waals surface area contributed by atoms with Crippen molar-refractivity contribution in [1.82, 2.24) is 4.98 Å². The van der Waals surface area contributed by atoms with E-state index in [1.165, 1.54) is 12.8 Å². The second-order valence-corrected chi connectivity index (χ2v) is 6.86. The van der Waals surface area contributed by atoms with Crippen molar-refractivity contribution in [2.75, 3.05) is 23.3 Å². The average Bonchev–Trinajstić information content (AvgIpc) is 2.58. The summed E-state index contributed by atoms with van der Waals surface area (Å²) in [7, 11) is 0. The van der Waals surface area contributed by atoms with Crippen molar-refractivity contribution in [2.45, 2.75) is 19.8 Å². The van der Waals surface area contributed by atoms with Gasteiger partial charge in [0.15, 0.2) is 0 Å². The minimum atomic E-state index is -0.150. The number of pyridine rings is 1. The van der Waals surface area contributed by atoms with Gasteiger partial charge in [0.1, 0.15) is 5.82 Å². The van der Waals surface area contributed by atoms with Crippen molar-refractivity contribution in [2.24, 2.45) is 5.92 Å². The van der Waals surface area contributed by atoms with Crippen LogP contribution in [0.25, 0.3) is 0 Å². The molecule has 0 aliphatic carbocycles. The largest absolute Gasteiger partial charge is 0.357 e. The summed E-state index contributed by atoms with van der Waals surface area (Å²) >= 11 is 3.43. The summed E-state index contributed by atoms with van der Waals surface area (Å²) in [5, 5.41) is 2.89. The van der Waals surface area contributed by atoms with E-state index < -0.39 is 0 Å². The number of aromatic nitrogens is 1. The number of rotatable bonds is 3. The molecule has 1 aliphatic heterocycles. The van der Waals surface area contributed by atoms with Gasteiger partial charge in [-0.2, -0.15) is 0 Å². The number of benzene rings is 1. The van der Waals surface area contributed by atoms with Gasteiger partial charge >= 0.3 is 0 Å². The number of hydrogen-bond acceptors (Lipinski definition) is 3. The van der Waals surface area contributed by atoms with Gasteiger partial charge in [0.05, 0.1) is 11.3 Å². The fourth-order valence-electron chi connectivity index (χ4n) is 2.70. The molecule has 0 spiro atoms. The molecule has 2 heterocycles. The van der Waals surface area contributed by atoms with Gasteiger partial charge in [0.25, 0.3) is 5.91 Å². The molecule has 0 atom stereocenters. The Hall–Kier alpha value is -1.88. The molecule has 1 aromatic heterocycles. The number of hydrogen-bond donors (Lipinski definition) is 1.